The van der Waals surface area contributed by atoms with Gasteiger partial charge in [0.1, 0.15) is 12.3 Å². The first kappa shape index (κ1) is 22.1. The second-order valence-corrected chi connectivity index (χ2v) is 9.49. The van der Waals surface area contributed by atoms with Crippen molar-refractivity contribution >= 4 is 21.6 Å². The Morgan fingerprint density at radius 1 is 1.07 bits per heavy atom. The van der Waals surface area contributed by atoms with Gasteiger partial charge in [-0.1, -0.05) is 36.4 Å². The average molecular weight is 432 g/mol. The minimum absolute atomic E-state index is 0.205. The molecule has 162 valence electrons. The Kier molecular flexibility index (Phi) is 6.99. The number of hydrogen-bond donors (Lipinski definition) is 0. The molecule has 2 aromatic carbocycles. The van der Waals surface area contributed by atoms with Crippen molar-refractivity contribution in [2.45, 2.75) is 13.5 Å². The number of piperazine rings is 1. The molecule has 8 heteroatoms. The number of sulfonamides is 1. The summed E-state index contributed by atoms with van der Waals surface area (Å²) in [4.78, 5) is 17.0. The monoisotopic (exact) mass is 431 g/mol. The maximum atomic E-state index is 12.9. The predicted molar refractivity (Wildman–Crippen MR) is 118 cm³/mol. The van der Waals surface area contributed by atoms with Crippen LogP contribution >= 0.6 is 0 Å². The number of hydrogen-bond acceptors (Lipinski definition) is 5. The summed E-state index contributed by atoms with van der Waals surface area (Å²) in [6.07, 6.45) is 1.11. The van der Waals surface area contributed by atoms with Crippen LogP contribution in [0.5, 0.6) is 5.75 Å². The second kappa shape index (κ2) is 9.49. The summed E-state index contributed by atoms with van der Waals surface area (Å²) in [5.74, 6) is 0.217. The molecule has 1 fully saturated rings. The lowest BCUT2D eigenvalue weighted by atomic mass is 10.2. The van der Waals surface area contributed by atoms with Crippen molar-refractivity contribution in [3.63, 3.8) is 0 Å². The first-order chi connectivity index (χ1) is 14.3. The molecule has 0 unspecified atom stereocenters. The Morgan fingerprint density at radius 3 is 2.33 bits per heavy atom. The van der Waals surface area contributed by atoms with E-state index in [0.717, 1.165) is 35.8 Å². The van der Waals surface area contributed by atoms with Gasteiger partial charge in [-0.2, -0.15) is 0 Å². The third-order valence-corrected chi connectivity index (χ3v) is 6.38. The van der Waals surface area contributed by atoms with Gasteiger partial charge in [0.05, 0.1) is 19.1 Å². The topological polar surface area (TPSA) is 70.2 Å². The van der Waals surface area contributed by atoms with Crippen LogP contribution in [0, 0.1) is 6.92 Å². The Balaban J connectivity index is 1.67. The van der Waals surface area contributed by atoms with E-state index in [2.05, 4.69) is 17.0 Å². The van der Waals surface area contributed by atoms with E-state index >= 15 is 0 Å². The Hall–Kier alpha value is -2.58. The molecule has 0 N–H and O–H groups in total. The van der Waals surface area contributed by atoms with Gasteiger partial charge in [0.25, 0.3) is 0 Å². The fourth-order valence-electron chi connectivity index (χ4n) is 3.60. The number of nitrogens with zero attached hydrogens (tertiary/aromatic N) is 3. The molecule has 1 aliphatic heterocycles. The van der Waals surface area contributed by atoms with Crippen LogP contribution in [0.3, 0.4) is 0 Å². The fraction of sp³-hybridized carbons (Fsp3) is 0.409. The number of carbonyl (C=O) groups is 1. The van der Waals surface area contributed by atoms with Crippen molar-refractivity contribution in [1.29, 1.82) is 0 Å². The van der Waals surface area contributed by atoms with E-state index in [-0.39, 0.29) is 12.5 Å². The molecule has 0 atom stereocenters. The highest BCUT2D eigenvalue weighted by Gasteiger charge is 2.28. The molecule has 7 nitrogen and oxygen atoms in total. The van der Waals surface area contributed by atoms with Crippen LogP contribution in [-0.2, 0) is 21.4 Å². The molecule has 0 saturated carbocycles. The first-order valence-electron chi connectivity index (χ1n) is 9.94. The lowest BCUT2D eigenvalue weighted by Gasteiger charge is -2.36. The molecule has 2 aromatic rings. The SMILES string of the molecule is COc1ccc(C)cc1N(CC(=O)N1CCN(Cc2ccccc2)CC1)S(C)(=O)=O. The van der Waals surface area contributed by atoms with Crippen LogP contribution in [0.2, 0.25) is 0 Å². The third kappa shape index (κ3) is 5.52. The average Bonchev–Trinajstić information content (AvgIpc) is 2.72. The van der Waals surface area contributed by atoms with Crippen molar-refractivity contribution in [3.8, 4) is 5.75 Å². The van der Waals surface area contributed by atoms with Gasteiger partial charge in [0.15, 0.2) is 0 Å². The molecular formula is C22H29N3O4S. The molecule has 0 spiro atoms. The number of benzene rings is 2. The van der Waals surface area contributed by atoms with Crippen molar-refractivity contribution in [2.75, 3.05) is 50.4 Å². The van der Waals surface area contributed by atoms with Crippen LogP contribution in [0.4, 0.5) is 5.69 Å². The minimum Gasteiger partial charge on any atom is -0.495 e. The number of anilines is 1. The smallest absolute Gasteiger partial charge is 0.243 e. The van der Waals surface area contributed by atoms with Gasteiger partial charge in [0, 0.05) is 32.7 Å². The van der Waals surface area contributed by atoms with Gasteiger partial charge < -0.3 is 9.64 Å². The lowest BCUT2D eigenvalue weighted by Crippen LogP contribution is -2.51. The summed E-state index contributed by atoms with van der Waals surface area (Å²) in [6, 6.07) is 15.5. The standard InChI is InChI=1S/C22H29N3O4S/c1-18-9-10-21(29-2)20(15-18)25(30(3,27)28)17-22(26)24-13-11-23(12-14-24)16-19-7-5-4-6-8-19/h4-10,15H,11-14,16-17H2,1-3H3. The quantitative estimate of drug-likeness (QED) is 0.672. The molecule has 0 radical (unpaired) electrons. The number of ether oxygens (including phenoxy) is 1. The normalized spacial score (nSPS) is 15.1. The maximum Gasteiger partial charge on any atom is 0.243 e. The largest absolute Gasteiger partial charge is 0.495 e. The minimum atomic E-state index is -3.66. The molecular weight excluding hydrogens is 402 g/mol. The highest BCUT2D eigenvalue weighted by molar-refractivity contribution is 7.92. The maximum absolute atomic E-state index is 12.9. The summed E-state index contributed by atoms with van der Waals surface area (Å²) < 4.78 is 31.4. The molecule has 30 heavy (non-hydrogen) atoms. The van der Waals surface area contributed by atoms with Crippen LogP contribution in [0.15, 0.2) is 48.5 Å². The lowest BCUT2D eigenvalue weighted by molar-refractivity contribution is -0.131. The summed E-state index contributed by atoms with van der Waals surface area (Å²) in [6.45, 7) is 5.15. The van der Waals surface area contributed by atoms with Gasteiger partial charge >= 0.3 is 0 Å². The molecule has 3 rings (SSSR count). The summed E-state index contributed by atoms with van der Waals surface area (Å²) in [7, 11) is -2.17. The second-order valence-electron chi connectivity index (χ2n) is 7.59. The molecule has 1 aliphatic rings. The molecule has 0 bridgehead atoms. The van der Waals surface area contributed by atoms with Crippen molar-refractivity contribution in [3.05, 3.63) is 59.7 Å². The van der Waals surface area contributed by atoms with Gasteiger partial charge in [-0.25, -0.2) is 8.42 Å². The Morgan fingerprint density at radius 2 is 1.73 bits per heavy atom. The van der Waals surface area contributed by atoms with E-state index in [4.69, 9.17) is 4.74 Å². The van der Waals surface area contributed by atoms with E-state index in [9.17, 15) is 13.2 Å². The number of amides is 1. The van der Waals surface area contributed by atoms with Crippen molar-refractivity contribution in [2.24, 2.45) is 0 Å². The Bertz CT molecular complexity index is 971. The van der Waals surface area contributed by atoms with E-state index in [0.29, 0.717) is 24.5 Å². The fourth-order valence-corrected chi connectivity index (χ4v) is 4.44. The number of rotatable bonds is 7. The molecule has 0 aliphatic carbocycles. The van der Waals surface area contributed by atoms with Crippen molar-refractivity contribution < 1.29 is 17.9 Å². The van der Waals surface area contributed by atoms with Crippen LogP contribution in [-0.4, -0.2) is 70.2 Å². The van der Waals surface area contributed by atoms with E-state index in [1.54, 1.807) is 17.0 Å². The van der Waals surface area contributed by atoms with Crippen LogP contribution in [0.25, 0.3) is 0 Å². The third-order valence-electron chi connectivity index (χ3n) is 5.26. The first-order valence-corrected chi connectivity index (χ1v) is 11.8. The summed E-state index contributed by atoms with van der Waals surface area (Å²) >= 11 is 0. The Labute approximate surface area is 178 Å². The zero-order valence-corrected chi connectivity index (χ0v) is 18.6. The van der Waals surface area contributed by atoms with Gasteiger partial charge in [-0.15, -0.1) is 0 Å². The van der Waals surface area contributed by atoms with Crippen LogP contribution in [0.1, 0.15) is 11.1 Å². The molecule has 1 saturated heterocycles. The number of aryl methyl sites for hydroxylation is 1. The molecule has 1 heterocycles. The van der Waals surface area contributed by atoms with Gasteiger partial charge in [0.2, 0.25) is 15.9 Å². The summed E-state index contributed by atoms with van der Waals surface area (Å²) in [5.41, 5.74) is 2.52. The van der Waals surface area contributed by atoms with Gasteiger partial charge in [-0.05, 0) is 30.2 Å². The highest BCUT2D eigenvalue weighted by atomic mass is 32.2. The molecule has 1 amide bonds. The molecule has 0 aromatic heterocycles. The number of methoxy groups -OCH3 is 1. The predicted octanol–water partition coefficient (Wildman–Crippen LogP) is 2.11. The zero-order chi connectivity index (χ0) is 21.7. The summed E-state index contributed by atoms with van der Waals surface area (Å²) in [5, 5.41) is 0. The van der Waals surface area contributed by atoms with Gasteiger partial charge in [-0.3, -0.25) is 14.0 Å². The van der Waals surface area contributed by atoms with Crippen molar-refractivity contribution in [1.82, 2.24) is 9.80 Å². The highest BCUT2D eigenvalue weighted by Crippen LogP contribution is 2.31. The van der Waals surface area contributed by atoms with E-state index in [1.807, 2.05) is 31.2 Å². The zero-order valence-electron chi connectivity index (χ0n) is 17.7. The van der Waals surface area contributed by atoms with E-state index < -0.39 is 10.0 Å². The van der Waals surface area contributed by atoms with Crippen LogP contribution < -0.4 is 9.04 Å². The van der Waals surface area contributed by atoms with E-state index in [1.165, 1.54) is 12.7 Å². The number of carbonyl (C=O) groups excluding carboxylic acids is 1.